The Morgan fingerprint density at radius 3 is 2.00 bits per heavy atom. The molecule has 0 aromatic heterocycles. The van der Waals surface area contributed by atoms with Crippen LogP contribution in [0.3, 0.4) is 0 Å². The average Bonchev–Trinajstić information content (AvgIpc) is 3.63. The van der Waals surface area contributed by atoms with Crippen LogP contribution in [-0.2, 0) is 12.8 Å². The Labute approximate surface area is 179 Å². The van der Waals surface area contributed by atoms with Crippen molar-refractivity contribution in [2.24, 2.45) is 10.8 Å². The Balaban J connectivity index is 1.32. The summed E-state index contributed by atoms with van der Waals surface area (Å²) >= 11 is 0. The first-order valence-electron chi connectivity index (χ1n) is 12.5. The van der Waals surface area contributed by atoms with Crippen molar-refractivity contribution in [3.8, 4) is 11.5 Å². The van der Waals surface area contributed by atoms with E-state index < -0.39 is 0 Å². The predicted molar refractivity (Wildman–Crippen MR) is 123 cm³/mol. The van der Waals surface area contributed by atoms with E-state index in [-0.39, 0.29) is 5.75 Å². The summed E-state index contributed by atoms with van der Waals surface area (Å²) < 4.78 is 0. The van der Waals surface area contributed by atoms with Crippen LogP contribution < -0.4 is 0 Å². The van der Waals surface area contributed by atoms with Gasteiger partial charge in [0.15, 0.2) is 0 Å². The lowest BCUT2D eigenvalue weighted by atomic mass is 9.94. The summed E-state index contributed by atoms with van der Waals surface area (Å²) in [5, 5.41) is 20.9. The SMILES string of the molecule is CCC1(CCCCCCc2ccc(O)c(CCCCCCC3(C)CC3)c2O)CC1. The molecular weight excluding hydrogens is 356 g/mol. The molecule has 2 N–H and O–H groups in total. The highest BCUT2D eigenvalue weighted by Gasteiger charge is 2.39. The second-order valence-corrected chi connectivity index (χ2v) is 10.6. The zero-order chi connectivity index (χ0) is 20.7. The molecule has 1 aromatic carbocycles. The molecule has 2 aliphatic rings. The number of hydrogen-bond donors (Lipinski definition) is 2. The topological polar surface area (TPSA) is 40.5 Å². The van der Waals surface area contributed by atoms with Crippen LogP contribution in [0.5, 0.6) is 11.5 Å². The smallest absolute Gasteiger partial charge is 0.125 e. The molecule has 1 aromatic rings. The van der Waals surface area contributed by atoms with E-state index in [4.69, 9.17) is 0 Å². The fourth-order valence-corrected chi connectivity index (χ4v) is 4.92. The van der Waals surface area contributed by atoms with Crippen LogP contribution in [0.4, 0.5) is 0 Å². The van der Waals surface area contributed by atoms with Crippen LogP contribution in [0, 0.1) is 10.8 Å². The maximum atomic E-state index is 10.7. The standard InChI is InChI=1S/C27H44O2/c1-3-27(20-21-27)17-11-7-4-8-12-22-14-15-24(28)23(25(22)29)13-9-5-6-10-16-26(2)18-19-26/h14-15,28-29H,3-13,16-21H2,1-2H3. The number of rotatable bonds is 15. The van der Waals surface area contributed by atoms with Gasteiger partial charge in [-0.05, 0) is 86.7 Å². The van der Waals surface area contributed by atoms with E-state index >= 15 is 0 Å². The first kappa shape index (κ1) is 22.5. The molecule has 3 rings (SSSR count). The molecule has 0 amide bonds. The van der Waals surface area contributed by atoms with Crippen LogP contribution >= 0.6 is 0 Å². The van der Waals surface area contributed by atoms with Crippen molar-refractivity contribution in [1.29, 1.82) is 0 Å². The van der Waals surface area contributed by atoms with Gasteiger partial charge < -0.3 is 10.2 Å². The van der Waals surface area contributed by atoms with E-state index in [1.54, 1.807) is 6.07 Å². The molecule has 29 heavy (non-hydrogen) atoms. The van der Waals surface area contributed by atoms with Crippen molar-refractivity contribution < 1.29 is 10.2 Å². The zero-order valence-corrected chi connectivity index (χ0v) is 19.1. The van der Waals surface area contributed by atoms with Crippen LogP contribution in [0.15, 0.2) is 12.1 Å². The molecule has 2 saturated carbocycles. The third-order valence-corrected chi connectivity index (χ3v) is 8.01. The first-order chi connectivity index (χ1) is 14.0. The molecule has 0 unspecified atom stereocenters. The van der Waals surface area contributed by atoms with Crippen molar-refractivity contribution in [1.82, 2.24) is 0 Å². The maximum Gasteiger partial charge on any atom is 0.125 e. The van der Waals surface area contributed by atoms with E-state index in [2.05, 4.69) is 13.8 Å². The zero-order valence-electron chi connectivity index (χ0n) is 19.1. The molecule has 2 fully saturated rings. The average molecular weight is 401 g/mol. The summed E-state index contributed by atoms with van der Waals surface area (Å²) in [4.78, 5) is 0. The minimum absolute atomic E-state index is 0.269. The van der Waals surface area contributed by atoms with Crippen molar-refractivity contribution >= 4 is 0 Å². The molecule has 0 saturated heterocycles. The molecular formula is C27H44O2. The summed E-state index contributed by atoms with van der Waals surface area (Å²) in [5.74, 6) is 0.629. The maximum absolute atomic E-state index is 10.7. The molecule has 2 heteroatoms. The summed E-state index contributed by atoms with van der Waals surface area (Å²) in [6.07, 6.45) is 21.5. The lowest BCUT2D eigenvalue weighted by Crippen LogP contribution is -1.97. The van der Waals surface area contributed by atoms with Crippen LogP contribution in [-0.4, -0.2) is 10.2 Å². The van der Waals surface area contributed by atoms with Gasteiger partial charge in [0.05, 0.1) is 0 Å². The van der Waals surface area contributed by atoms with E-state index in [1.807, 2.05) is 6.07 Å². The van der Waals surface area contributed by atoms with Gasteiger partial charge in [-0.25, -0.2) is 0 Å². The lowest BCUT2D eigenvalue weighted by Gasteiger charge is -2.13. The summed E-state index contributed by atoms with van der Waals surface area (Å²) in [7, 11) is 0. The molecule has 164 valence electrons. The van der Waals surface area contributed by atoms with Crippen molar-refractivity contribution in [2.45, 2.75) is 123 Å². The monoisotopic (exact) mass is 400 g/mol. The van der Waals surface area contributed by atoms with E-state index in [1.165, 1.54) is 83.5 Å². The fourth-order valence-electron chi connectivity index (χ4n) is 4.92. The quantitative estimate of drug-likeness (QED) is 0.292. The molecule has 0 bridgehead atoms. The number of hydrogen-bond acceptors (Lipinski definition) is 2. The van der Waals surface area contributed by atoms with Gasteiger partial charge in [-0.15, -0.1) is 0 Å². The van der Waals surface area contributed by atoms with Gasteiger partial charge in [-0.2, -0.15) is 0 Å². The first-order valence-corrected chi connectivity index (χ1v) is 12.5. The second kappa shape index (κ2) is 10.2. The van der Waals surface area contributed by atoms with Gasteiger partial charge in [0.2, 0.25) is 0 Å². The van der Waals surface area contributed by atoms with Crippen LogP contribution in [0.2, 0.25) is 0 Å². The van der Waals surface area contributed by atoms with Gasteiger partial charge in [-0.3, -0.25) is 0 Å². The van der Waals surface area contributed by atoms with Gasteiger partial charge in [-0.1, -0.05) is 64.9 Å². The van der Waals surface area contributed by atoms with Gasteiger partial charge >= 0.3 is 0 Å². The molecule has 0 heterocycles. The molecule has 2 nitrogen and oxygen atoms in total. The Hall–Kier alpha value is -1.18. The number of phenols is 2. The predicted octanol–water partition coefficient (Wildman–Crippen LogP) is 8.07. The number of aromatic hydroxyl groups is 2. The summed E-state index contributed by atoms with van der Waals surface area (Å²) in [6, 6.07) is 3.71. The van der Waals surface area contributed by atoms with Gasteiger partial charge in [0.1, 0.15) is 11.5 Å². The normalized spacial score (nSPS) is 18.7. The third-order valence-electron chi connectivity index (χ3n) is 8.01. The highest BCUT2D eigenvalue weighted by Crippen LogP contribution is 2.52. The molecule has 2 aliphatic carbocycles. The molecule has 0 radical (unpaired) electrons. The van der Waals surface area contributed by atoms with Crippen LogP contribution in [0.1, 0.15) is 121 Å². The number of aryl methyl sites for hydroxylation is 1. The third kappa shape index (κ3) is 6.93. The Bertz CT molecular complexity index is 640. The fraction of sp³-hybridized carbons (Fsp3) is 0.778. The Kier molecular flexibility index (Phi) is 7.93. The number of unbranched alkanes of at least 4 members (excludes halogenated alkanes) is 6. The van der Waals surface area contributed by atoms with Gasteiger partial charge in [0.25, 0.3) is 0 Å². The Morgan fingerprint density at radius 2 is 1.38 bits per heavy atom. The molecule has 0 atom stereocenters. The lowest BCUT2D eigenvalue weighted by molar-refractivity contribution is 0.418. The summed E-state index contributed by atoms with van der Waals surface area (Å²) in [5.41, 5.74) is 3.18. The Morgan fingerprint density at radius 1 is 0.759 bits per heavy atom. The van der Waals surface area contributed by atoms with E-state index in [9.17, 15) is 10.2 Å². The molecule has 0 aliphatic heterocycles. The largest absolute Gasteiger partial charge is 0.508 e. The number of phenolic OH excluding ortho intramolecular Hbond substituents is 2. The molecule has 0 spiro atoms. The van der Waals surface area contributed by atoms with Crippen molar-refractivity contribution in [2.75, 3.05) is 0 Å². The number of benzene rings is 1. The van der Waals surface area contributed by atoms with Crippen molar-refractivity contribution in [3.05, 3.63) is 23.3 Å². The highest BCUT2D eigenvalue weighted by atomic mass is 16.3. The van der Waals surface area contributed by atoms with E-state index in [0.29, 0.717) is 11.2 Å². The van der Waals surface area contributed by atoms with Gasteiger partial charge in [0, 0.05) is 5.56 Å². The summed E-state index contributed by atoms with van der Waals surface area (Å²) in [6.45, 7) is 4.75. The van der Waals surface area contributed by atoms with E-state index in [0.717, 1.165) is 42.2 Å². The minimum atomic E-state index is 0.269. The second-order valence-electron chi connectivity index (χ2n) is 10.6. The van der Waals surface area contributed by atoms with Crippen molar-refractivity contribution in [3.63, 3.8) is 0 Å². The van der Waals surface area contributed by atoms with Crippen LogP contribution in [0.25, 0.3) is 0 Å². The minimum Gasteiger partial charge on any atom is -0.508 e. The highest BCUT2D eigenvalue weighted by molar-refractivity contribution is 5.48.